The lowest BCUT2D eigenvalue weighted by molar-refractivity contribution is -0.127. The first-order valence-corrected chi connectivity index (χ1v) is 7.83. The molecule has 1 aliphatic rings. The summed E-state index contributed by atoms with van der Waals surface area (Å²) in [5.74, 6) is 0.826. The van der Waals surface area contributed by atoms with Gasteiger partial charge in [0, 0.05) is 24.7 Å². The minimum Gasteiger partial charge on any atom is -0.480 e. The minimum atomic E-state index is -0.368. The van der Waals surface area contributed by atoms with Gasteiger partial charge in [0.25, 0.3) is 5.91 Å². The van der Waals surface area contributed by atoms with Crippen LogP contribution < -0.4 is 15.4 Å². The van der Waals surface area contributed by atoms with Crippen LogP contribution in [0, 0.1) is 6.92 Å². The molecule has 21 heavy (non-hydrogen) atoms. The minimum absolute atomic E-state index is 0.0100. The van der Waals surface area contributed by atoms with E-state index in [0.717, 1.165) is 43.7 Å². The van der Waals surface area contributed by atoms with Crippen molar-refractivity contribution in [3.8, 4) is 5.75 Å². The van der Waals surface area contributed by atoms with Crippen LogP contribution >= 0.6 is 0 Å². The smallest absolute Gasteiger partial charge is 0.261 e. The van der Waals surface area contributed by atoms with Gasteiger partial charge in [0.2, 0.25) is 0 Å². The van der Waals surface area contributed by atoms with Crippen LogP contribution in [0.1, 0.15) is 44.2 Å². The van der Waals surface area contributed by atoms with E-state index < -0.39 is 0 Å². The van der Waals surface area contributed by atoms with E-state index in [0.29, 0.717) is 6.04 Å². The Morgan fingerprint density at radius 1 is 1.38 bits per heavy atom. The highest BCUT2D eigenvalue weighted by molar-refractivity contribution is 5.81. The highest BCUT2D eigenvalue weighted by atomic mass is 16.5. The third-order valence-corrected chi connectivity index (χ3v) is 3.67. The van der Waals surface area contributed by atoms with Gasteiger partial charge in [-0.15, -0.1) is 0 Å². The number of rotatable bonds is 5. The molecular weight excluding hydrogens is 264 g/mol. The number of nitrogens with one attached hydrogen (secondary N) is 2. The number of hydrogen-bond donors (Lipinski definition) is 2. The molecule has 1 aliphatic heterocycles. The number of hydrogen-bond acceptors (Lipinski definition) is 3. The van der Waals surface area contributed by atoms with Crippen molar-refractivity contribution < 1.29 is 9.53 Å². The molecule has 0 bridgehead atoms. The first-order chi connectivity index (χ1) is 10.1. The molecule has 116 valence electrons. The third-order valence-electron chi connectivity index (χ3n) is 3.67. The maximum atomic E-state index is 12.0. The van der Waals surface area contributed by atoms with Crippen LogP contribution in [0.2, 0.25) is 0 Å². The van der Waals surface area contributed by atoms with Gasteiger partial charge in [-0.25, -0.2) is 0 Å². The van der Waals surface area contributed by atoms with Gasteiger partial charge in [0.15, 0.2) is 6.10 Å². The Bertz CT molecular complexity index is 486. The number of carbonyl (C=O) groups excluding carboxylic acids is 1. The second-order valence-corrected chi connectivity index (χ2v) is 6.04. The van der Waals surface area contributed by atoms with Gasteiger partial charge in [-0.3, -0.25) is 4.79 Å². The molecule has 1 saturated heterocycles. The monoisotopic (exact) mass is 290 g/mol. The number of benzene rings is 1. The van der Waals surface area contributed by atoms with E-state index in [1.165, 1.54) is 5.56 Å². The van der Waals surface area contributed by atoms with Gasteiger partial charge in [-0.1, -0.05) is 31.5 Å². The number of aryl methyl sites for hydroxylation is 1. The largest absolute Gasteiger partial charge is 0.480 e. The fraction of sp³-hybridized carbons (Fsp3) is 0.588. The standard InChI is InChI=1S/C17H26N2O2/c1-12(2)19-11-14-10-13(3)7-8-15(14)21-16-6-4-5-9-18-17(16)20/h7-8,10,12,16,19H,4-6,9,11H2,1-3H3,(H,18,20). The second kappa shape index (κ2) is 7.46. The van der Waals surface area contributed by atoms with Crippen LogP contribution in [-0.2, 0) is 11.3 Å². The zero-order valence-corrected chi connectivity index (χ0v) is 13.2. The Kier molecular flexibility index (Phi) is 5.62. The summed E-state index contributed by atoms with van der Waals surface area (Å²) < 4.78 is 6.01. The molecule has 0 spiro atoms. The fourth-order valence-corrected chi connectivity index (χ4v) is 2.45. The summed E-state index contributed by atoms with van der Waals surface area (Å²) in [6.07, 6.45) is 2.47. The normalized spacial score (nSPS) is 19.2. The third kappa shape index (κ3) is 4.74. The van der Waals surface area contributed by atoms with Crippen molar-refractivity contribution in [2.45, 2.75) is 58.7 Å². The van der Waals surface area contributed by atoms with E-state index in [4.69, 9.17) is 4.74 Å². The van der Waals surface area contributed by atoms with Crippen LogP contribution in [-0.4, -0.2) is 24.6 Å². The van der Waals surface area contributed by atoms with Crippen molar-refractivity contribution in [2.75, 3.05) is 6.54 Å². The Balaban J connectivity index is 2.12. The lowest BCUT2D eigenvalue weighted by Crippen LogP contribution is -2.36. The summed E-state index contributed by atoms with van der Waals surface area (Å²) >= 11 is 0. The van der Waals surface area contributed by atoms with Gasteiger partial charge in [0.1, 0.15) is 5.75 Å². The number of ether oxygens (including phenoxy) is 1. The van der Waals surface area contributed by atoms with Gasteiger partial charge in [-0.2, -0.15) is 0 Å². The zero-order chi connectivity index (χ0) is 15.2. The van der Waals surface area contributed by atoms with E-state index >= 15 is 0 Å². The van der Waals surface area contributed by atoms with Gasteiger partial charge < -0.3 is 15.4 Å². The molecule has 1 aromatic carbocycles. The summed E-state index contributed by atoms with van der Waals surface area (Å²) in [5, 5.41) is 6.33. The van der Waals surface area contributed by atoms with E-state index in [9.17, 15) is 4.79 Å². The number of carbonyl (C=O) groups is 1. The maximum absolute atomic E-state index is 12.0. The highest BCUT2D eigenvalue weighted by Gasteiger charge is 2.23. The van der Waals surface area contributed by atoms with E-state index in [2.05, 4.69) is 37.5 Å². The molecule has 1 unspecified atom stereocenters. The second-order valence-electron chi connectivity index (χ2n) is 6.04. The van der Waals surface area contributed by atoms with Crippen LogP contribution in [0.3, 0.4) is 0 Å². The molecule has 1 fully saturated rings. The molecule has 1 atom stereocenters. The predicted octanol–water partition coefficient (Wildman–Crippen LogP) is 2.54. The molecule has 0 saturated carbocycles. The Morgan fingerprint density at radius 3 is 2.95 bits per heavy atom. The topological polar surface area (TPSA) is 50.4 Å². The Hall–Kier alpha value is -1.55. The van der Waals surface area contributed by atoms with E-state index in [-0.39, 0.29) is 12.0 Å². The molecule has 4 heteroatoms. The van der Waals surface area contributed by atoms with Crippen molar-refractivity contribution in [1.29, 1.82) is 0 Å². The molecule has 1 heterocycles. The summed E-state index contributed by atoms with van der Waals surface area (Å²) in [4.78, 5) is 12.0. The average Bonchev–Trinajstić information content (AvgIpc) is 2.64. The van der Waals surface area contributed by atoms with Crippen molar-refractivity contribution in [2.24, 2.45) is 0 Å². The molecule has 0 aromatic heterocycles. The molecule has 1 amide bonds. The lowest BCUT2D eigenvalue weighted by atomic mass is 10.1. The SMILES string of the molecule is Cc1ccc(OC2CCCCNC2=O)c(CNC(C)C)c1. The molecule has 2 N–H and O–H groups in total. The van der Waals surface area contributed by atoms with E-state index in [1.54, 1.807) is 0 Å². The van der Waals surface area contributed by atoms with Gasteiger partial charge in [-0.05, 0) is 32.3 Å². The van der Waals surface area contributed by atoms with Crippen LogP contribution in [0.5, 0.6) is 5.75 Å². The predicted molar refractivity (Wildman–Crippen MR) is 84.4 cm³/mol. The maximum Gasteiger partial charge on any atom is 0.261 e. The van der Waals surface area contributed by atoms with Gasteiger partial charge >= 0.3 is 0 Å². The molecule has 1 aromatic rings. The molecule has 0 radical (unpaired) electrons. The molecule has 0 aliphatic carbocycles. The van der Waals surface area contributed by atoms with Crippen molar-refractivity contribution in [3.05, 3.63) is 29.3 Å². The van der Waals surface area contributed by atoms with Gasteiger partial charge in [0.05, 0.1) is 0 Å². The van der Waals surface area contributed by atoms with Crippen LogP contribution in [0.25, 0.3) is 0 Å². The highest BCUT2D eigenvalue weighted by Crippen LogP contribution is 2.23. The summed E-state index contributed by atoms with van der Waals surface area (Å²) in [6, 6.07) is 6.55. The van der Waals surface area contributed by atoms with Crippen molar-refractivity contribution >= 4 is 5.91 Å². The Morgan fingerprint density at radius 2 is 2.19 bits per heavy atom. The van der Waals surface area contributed by atoms with Crippen molar-refractivity contribution in [1.82, 2.24) is 10.6 Å². The first kappa shape index (κ1) is 15.8. The average molecular weight is 290 g/mol. The first-order valence-electron chi connectivity index (χ1n) is 7.83. The summed E-state index contributed by atoms with van der Waals surface area (Å²) in [7, 11) is 0. The fourth-order valence-electron chi connectivity index (χ4n) is 2.45. The lowest BCUT2D eigenvalue weighted by Gasteiger charge is -2.19. The summed E-state index contributed by atoms with van der Waals surface area (Å²) in [6.45, 7) is 7.82. The van der Waals surface area contributed by atoms with Crippen molar-refractivity contribution in [3.63, 3.8) is 0 Å². The van der Waals surface area contributed by atoms with Crippen LogP contribution in [0.4, 0.5) is 0 Å². The van der Waals surface area contributed by atoms with Crippen LogP contribution in [0.15, 0.2) is 18.2 Å². The Labute approximate surface area is 127 Å². The molecular formula is C17H26N2O2. The quantitative estimate of drug-likeness (QED) is 0.876. The number of amides is 1. The van der Waals surface area contributed by atoms with E-state index in [1.807, 2.05) is 12.1 Å². The molecule has 2 rings (SSSR count). The zero-order valence-electron chi connectivity index (χ0n) is 13.2. The summed E-state index contributed by atoms with van der Waals surface area (Å²) in [5.41, 5.74) is 2.31. The molecule has 4 nitrogen and oxygen atoms in total.